The Bertz CT molecular complexity index is 1440. The standard InChI is InChI=1S/C25H28N6O4/c1-3-20-27-18-11-7-8-12-19(18)31(20)16-21(32)28-23-22(26-15-17-9-5-4-6-10-17)24(33)29-25(34)30(23)13-14-35-2/h4-12,26H,3,13-16H2,1-2H3,(H,28,32)(H,29,33,34). The van der Waals surface area contributed by atoms with Gasteiger partial charge in [-0.1, -0.05) is 49.4 Å². The molecule has 0 fully saturated rings. The SMILES string of the molecule is CCc1nc2ccccc2n1CC(=O)Nc1c(NCc2ccccc2)c(=O)[nH]c(=O)n1CCOC. The van der Waals surface area contributed by atoms with E-state index in [1.165, 1.54) is 11.7 Å². The molecule has 0 radical (unpaired) electrons. The molecule has 0 aliphatic carbocycles. The monoisotopic (exact) mass is 476 g/mol. The number of aromatic nitrogens is 4. The molecular formula is C25H28N6O4. The van der Waals surface area contributed by atoms with E-state index in [1.807, 2.05) is 66.1 Å². The molecule has 4 rings (SSSR count). The Balaban J connectivity index is 1.68. The van der Waals surface area contributed by atoms with Crippen LogP contribution >= 0.6 is 0 Å². The van der Waals surface area contributed by atoms with Gasteiger partial charge < -0.3 is 19.9 Å². The Kier molecular flexibility index (Phi) is 7.41. The van der Waals surface area contributed by atoms with E-state index in [0.29, 0.717) is 13.0 Å². The van der Waals surface area contributed by atoms with E-state index in [1.54, 1.807) is 0 Å². The maximum Gasteiger partial charge on any atom is 0.330 e. The number of rotatable bonds is 10. The maximum absolute atomic E-state index is 13.2. The number of amides is 1. The van der Waals surface area contributed by atoms with Crippen LogP contribution in [0.25, 0.3) is 11.0 Å². The van der Waals surface area contributed by atoms with Gasteiger partial charge >= 0.3 is 5.69 Å². The second-order valence-corrected chi connectivity index (χ2v) is 7.97. The number of anilines is 2. The number of H-pyrrole nitrogens is 1. The molecule has 0 atom stereocenters. The number of carbonyl (C=O) groups is 1. The number of fused-ring (bicyclic) bond motifs is 1. The highest BCUT2D eigenvalue weighted by atomic mass is 16.5. The van der Waals surface area contributed by atoms with Crippen LogP contribution in [0.1, 0.15) is 18.3 Å². The summed E-state index contributed by atoms with van der Waals surface area (Å²) < 4.78 is 8.26. The van der Waals surface area contributed by atoms with Crippen molar-refractivity contribution in [1.82, 2.24) is 19.1 Å². The van der Waals surface area contributed by atoms with Crippen LogP contribution in [0.5, 0.6) is 0 Å². The molecule has 2 aromatic heterocycles. The molecule has 35 heavy (non-hydrogen) atoms. The molecule has 10 heteroatoms. The highest BCUT2D eigenvalue weighted by Gasteiger charge is 2.19. The van der Waals surface area contributed by atoms with Crippen LogP contribution in [0.4, 0.5) is 11.5 Å². The summed E-state index contributed by atoms with van der Waals surface area (Å²) in [5.74, 6) is 0.479. The smallest absolute Gasteiger partial charge is 0.330 e. The van der Waals surface area contributed by atoms with Crippen LogP contribution in [0, 0.1) is 0 Å². The number of hydrogen-bond donors (Lipinski definition) is 3. The van der Waals surface area contributed by atoms with Crippen LogP contribution in [0.3, 0.4) is 0 Å². The van der Waals surface area contributed by atoms with Gasteiger partial charge in [0.25, 0.3) is 5.56 Å². The molecule has 2 aromatic carbocycles. The largest absolute Gasteiger partial charge is 0.383 e. The average Bonchev–Trinajstić information content (AvgIpc) is 3.21. The van der Waals surface area contributed by atoms with E-state index in [2.05, 4.69) is 20.6 Å². The lowest BCUT2D eigenvalue weighted by Crippen LogP contribution is -2.36. The maximum atomic E-state index is 13.2. The Labute approximate surface area is 201 Å². The summed E-state index contributed by atoms with van der Waals surface area (Å²) in [5, 5.41) is 5.88. The Morgan fingerprint density at radius 3 is 2.54 bits per heavy atom. The van der Waals surface area contributed by atoms with Crippen LogP contribution in [-0.4, -0.2) is 38.7 Å². The number of aryl methyl sites for hydroxylation is 1. The third-order valence-electron chi connectivity index (χ3n) is 5.64. The minimum absolute atomic E-state index is 0.0208. The van der Waals surface area contributed by atoms with Crippen molar-refractivity contribution < 1.29 is 9.53 Å². The van der Waals surface area contributed by atoms with Gasteiger partial charge in [-0.15, -0.1) is 0 Å². The van der Waals surface area contributed by atoms with Crippen molar-refractivity contribution in [3.63, 3.8) is 0 Å². The van der Waals surface area contributed by atoms with Gasteiger partial charge in [-0.05, 0) is 17.7 Å². The first-order valence-corrected chi connectivity index (χ1v) is 11.4. The molecule has 0 unspecified atom stereocenters. The van der Waals surface area contributed by atoms with Gasteiger partial charge in [-0.2, -0.15) is 0 Å². The lowest BCUT2D eigenvalue weighted by atomic mass is 10.2. The number of imidazole rings is 1. The molecule has 3 N–H and O–H groups in total. The Morgan fingerprint density at radius 2 is 1.80 bits per heavy atom. The number of carbonyl (C=O) groups excluding carboxylic acids is 1. The number of hydrogen-bond acceptors (Lipinski definition) is 6. The van der Waals surface area contributed by atoms with E-state index in [9.17, 15) is 14.4 Å². The van der Waals surface area contributed by atoms with E-state index in [4.69, 9.17) is 4.74 Å². The highest BCUT2D eigenvalue weighted by Crippen LogP contribution is 2.19. The fourth-order valence-electron chi connectivity index (χ4n) is 3.93. The van der Waals surface area contributed by atoms with Gasteiger partial charge in [0.1, 0.15) is 23.9 Å². The van der Waals surface area contributed by atoms with Gasteiger partial charge in [-0.25, -0.2) is 9.78 Å². The van der Waals surface area contributed by atoms with Crippen molar-refractivity contribution in [2.75, 3.05) is 24.4 Å². The van der Waals surface area contributed by atoms with E-state index >= 15 is 0 Å². The van der Waals surface area contributed by atoms with Gasteiger partial charge in [0.15, 0.2) is 0 Å². The number of nitrogens with one attached hydrogen (secondary N) is 3. The molecular weight excluding hydrogens is 448 g/mol. The predicted octanol–water partition coefficient (Wildman–Crippen LogP) is 2.35. The second-order valence-electron chi connectivity index (χ2n) is 7.97. The van der Waals surface area contributed by atoms with E-state index in [-0.39, 0.29) is 37.1 Å². The molecule has 182 valence electrons. The van der Waals surface area contributed by atoms with Crippen molar-refractivity contribution in [2.45, 2.75) is 33.0 Å². The number of nitrogens with zero attached hydrogens (tertiary/aromatic N) is 3. The molecule has 0 spiro atoms. The number of ether oxygens (including phenoxy) is 1. The van der Waals surface area contributed by atoms with Crippen LogP contribution in [-0.2, 0) is 35.6 Å². The van der Waals surface area contributed by atoms with Crippen molar-refractivity contribution in [1.29, 1.82) is 0 Å². The summed E-state index contributed by atoms with van der Waals surface area (Å²) in [6.07, 6.45) is 0.648. The van der Waals surface area contributed by atoms with E-state index in [0.717, 1.165) is 22.4 Å². The van der Waals surface area contributed by atoms with Gasteiger partial charge in [-0.3, -0.25) is 19.1 Å². The molecule has 4 aromatic rings. The van der Waals surface area contributed by atoms with Crippen molar-refractivity contribution in [3.05, 3.63) is 86.8 Å². The second kappa shape index (κ2) is 10.8. The number of para-hydroxylation sites is 2. The molecule has 2 heterocycles. The zero-order chi connectivity index (χ0) is 24.8. The number of methoxy groups -OCH3 is 1. The summed E-state index contributed by atoms with van der Waals surface area (Å²) in [5.41, 5.74) is 1.44. The molecule has 0 saturated carbocycles. The van der Waals surface area contributed by atoms with E-state index < -0.39 is 11.2 Å². The fraction of sp³-hybridized carbons (Fsp3) is 0.280. The average molecular weight is 477 g/mol. The van der Waals surface area contributed by atoms with Crippen molar-refractivity contribution >= 4 is 28.4 Å². The summed E-state index contributed by atoms with van der Waals surface area (Å²) in [6, 6.07) is 17.1. The molecule has 1 amide bonds. The fourth-order valence-corrected chi connectivity index (χ4v) is 3.93. The van der Waals surface area contributed by atoms with Crippen LogP contribution in [0.15, 0.2) is 64.2 Å². The van der Waals surface area contributed by atoms with Crippen LogP contribution < -0.4 is 21.9 Å². The molecule has 0 saturated heterocycles. The third kappa shape index (κ3) is 5.33. The lowest BCUT2D eigenvalue weighted by molar-refractivity contribution is -0.116. The first kappa shape index (κ1) is 24.0. The quantitative estimate of drug-likeness (QED) is 0.323. The summed E-state index contributed by atoms with van der Waals surface area (Å²) in [6.45, 7) is 2.66. The molecule has 0 aliphatic heterocycles. The highest BCUT2D eigenvalue weighted by molar-refractivity contribution is 5.93. The minimum Gasteiger partial charge on any atom is -0.383 e. The topological polar surface area (TPSA) is 123 Å². The Morgan fingerprint density at radius 1 is 1.06 bits per heavy atom. The van der Waals surface area contributed by atoms with Gasteiger partial charge in [0.2, 0.25) is 5.91 Å². The normalized spacial score (nSPS) is 11.0. The predicted molar refractivity (Wildman–Crippen MR) is 135 cm³/mol. The minimum atomic E-state index is -0.630. The zero-order valence-electron chi connectivity index (χ0n) is 19.7. The Hall–Kier alpha value is -4.18. The molecule has 0 bridgehead atoms. The zero-order valence-corrected chi connectivity index (χ0v) is 19.7. The first-order valence-electron chi connectivity index (χ1n) is 11.4. The summed E-state index contributed by atoms with van der Waals surface area (Å²) in [4.78, 5) is 45.5. The van der Waals surface area contributed by atoms with Crippen molar-refractivity contribution in [2.24, 2.45) is 0 Å². The van der Waals surface area contributed by atoms with Crippen molar-refractivity contribution in [3.8, 4) is 0 Å². The third-order valence-corrected chi connectivity index (χ3v) is 5.64. The summed E-state index contributed by atoms with van der Waals surface area (Å²) >= 11 is 0. The summed E-state index contributed by atoms with van der Waals surface area (Å²) in [7, 11) is 1.51. The van der Waals surface area contributed by atoms with Gasteiger partial charge in [0.05, 0.1) is 24.2 Å². The lowest BCUT2D eigenvalue weighted by Gasteiger charge is -2.18. The number of aromatic amines is 1. The molecule has 0 aliphatic rings. The molecule has 10 nitrogen and oxygen atoms in total. The first-order chi connectivity index (χ1) is 17.0. The van der Waals surface area contributed by atoms with Gasteiger partial charge in [0, 0.05) is 20.1 Å². The number of benzene rings is 2. The van der Waals surface area contributed by atoms with Crippen LogP contribution in [0.2, 0.25) is 0 Å².